The van der Waals surface area contributed by atoms with Gasteiger partial charge in [0.25, 0.3) is 5.91 Å². The SMILES string of the molecule is CCOCCNC(=O)c1cc(N)cnc1Cl. The zero-order valence-electron chi connectivity index (χ0n) is 9.00. The molecule has 0 aromatic carbocycles. The molecular formula is C10H14ClN3O2. The highest BCUT2D eigenvalue weighted by Crippen LogP contribution is 2.14. The molecular weight excluding hydrogens is 230 g/mol. The van der Waals surface area contributed by atoms with E-state index in [-0.39, 0.29) is 16.6 Å². The molecule has 0 atom stereocenters. The largest absolute Gasteiger partial charge is 0.397 e. The van der Waals surface area contributed by atoms with Gasteiger partial charge in [0.1, 0.15) is 5.15 Å². The van der Waals surface area contributed by atoms with Crippen molar-refractivity contribution < 1.29 is 9.53 Å². The van der Waals surface area contributed by atoms with Gasteiger partial charge in [-0.2, -0.15) is 0 Å². The second-order valence-corrected chi connectivity index (χ2v) is 3.42. The number of carbonyl (C=O) groups excluding carboxylic acids is 1. The zero-order valence-corrected chi connectivity index (χ0v) is 9.75. The van der Waals surface area contributed by atoms with Crippen LogP contribution in [0.4, 0.5) is 5.69 Å². The minimum absolute atomic E-state index is 0.142. The standard InChI is InChI=1S/C10H14ClN3O2/c1-2-16-4-3-13-10(15)8-5-7(12)6-14-9(8)11/h5-6H,2-4,12H2,1H3,(H,13,15). The fraction of sp³-hybridized carbons (Fsp3) is 0.400. The first-order valence-corrected chi connectivity index (χ1v) is 5.30. The number of ether oxygens (including phenoxy) is 1. The van der Waals surface area contributed by atoms with Gasteiger partial charge in [-0.1, -0.05) is 11.6 Å². The summed E-state index contributed by atoms with van der Waals surface area (Å²) in [6.45, 7) is 3.41. The number of hydrogen-bond acceptors (Lipinski definition) is 4. The van der Waals surface area contributed by atoms with Crippen molar-refractivity contribution in [3.05, 3.63) is 23.0 Å². The molecule has 0 radical (unpaired) electrons. The molecule has 0 aliphatic heterocycles. The van der Waals surface area contributed by atoms with Crippen molar-refractivity contribution in [1.29, 1.82) is 0 Å². The molecule has 0 aliphatic carbocycles. The van der Waals surface area contributed by atoms with Gasteiger partial charge in [0.05, 0.1) is 24.1 Å². The van der Waals surface area contributed by atoms with Gasteiger partial charge in [0, 0.05) is 13.2 Å². The summed E-state index contributed by atoms with van der Waals surface area (Å²) in [7, 11) is 0. The molecule has 0 unspecified atom stereocenters. The molecule has 1 heterocycles. The van der Waals surface area contributed by atoms with E-state index in [0.717, 1.165) is 0 Å². The van der Waals surface area contributed by atoms with E-state index in [9.17, 15) is 4.79 Å². The van der Waals surface area contributed by atoms with E-state index >= 15 is 0 Å². The van der Waals surface area contributed by atoms with Crippen LogP contribution in [0, 0.1) is 0 Å². The van der Waals surface area contributed by atoms with Crippen molar-refractivity contribution in [2.24, 2.45) is 0 Å². The van der Waals surface area contributed by atoms with Crippen LogP contribution >= 0.6 is 11.6 Å². The molecule has 3 N–H and O–H groups in total. The van der Waals surface area contributed by atoms with Crippen LogP contribution < -0.4 is 11.1 Å². The summed E-state index contributed by atoms with van der Waals surface area (Å²) in [6, 6.07) is 1.49. The summed E-state index contributed by atoms with van der Waals surface area (Å²) < 4.78 is 5.09. The van der Waals surface area contributed by atoms with Crippen LogP contribution in [0.2, 0.25) is 5.15 Å². The Kier molecular flexibility index (Phi) is 5.01. The fourth-order valence-corrected chi connectivity index (χ4v) is 1.29. The van der Waals surface area contributed by atoms with Gasteiger partial charge in [0.15, 0.2) is 0 Å². The summed E-state index contributed by atoms with van der Waals surface area (Å²) in [5.74, 6) is -0.301. The van der Waals surface area contributed by atoms with E-state index in [1.54, 1.807) is 0 Å². The Balaban J connectivity index is 2.55. The second-order valence-electron chi connectivity index (χ2n) is 3.06. The van der Waals surface area contributed by atoms with E-state index < -0.39 is 0 Å². The number of nitrogens with zero attached hydrogens (tertiary/aromatic N) is 1. The van der Waals surface area contributed by atoms with Crippen LogP contribution in [0.15, 0.2) is 12.3 Å². The molecule has 88 valence electrons. The van der Waals surface area contributed by atoms with Gasteiger partial charge in [-0.05, 0) is 13.0 Å². The highest BCUT2D eigenvalue weighted by molar-refractivity contribution is 6.32. The molecule has 1 rings (SSSR count). The Morgan fingerprint density at radius 3 is 3.12 bits per heavy atom. The molecule has 0 spiro atoms. The van der Waals surface area contributed by atoms with Gasteiger partial charge >= 0.3 is 0 Å². The Bertz CT molecular complexity index is 371. The van der Waals surface area contributed by atoms with Crippen molar-refractivity contribution in [2.75, 3.05) is 25.5 Å². The number of hydrogen-bond donors (Lipinski definition) is 2. The van der Waals surface area contributed by atoms with Crippen molar-refractivity contribution in [3.8, 4) is 0 Å². The van der Waals surface area contributed by atoms with Crippen LogP contribution in [0.25, 0.3) is 0 Å². The quantitative estimate of drug-likeness (QED) is 0.599. The van der Waals surface area contributed by atoms with E-state index in [1.807, 2.05) is 6.92 Å². The molecule has 6 heteroatoms. The minimum Gasteiger partial charge on any atom is -0.397 e. The lowest BCUT2D eigenvalue weighted by Crippen LogP contribution is -2.27. The molecule has 5 nitrogen and oxygen atoms in total. The summed E-state index contributed by atoms with van der Waals surface area (Å²) >= 11 is 5.77. The topological polar surface area (TPSA) is 77.2 Å². The predicted molar refractivity (Wildman–Crippen MR) is 62.5 cm³/mol. The Morgan fingerprint density at radius 1 is 1.69 bits per heavy atom. The van der Waals surface area contributed by atoms with Crippen LogP contribution in [0.5, 0.6) is 0 Å². The highest BCUT2D eigenvalue weighted by atomic mass is 35.5. The maximum Gasteiger partial charge on any atom is 0.254 e. The normalized spacial score (nSPS) is 10.1. The van der Waals surface area contributed by atoms with E-state index in [2.05, 4.69) is 10.3 Å². The number of nitrogens with one attached hydrogen (secondary N) is 1. The van der Waals surface area contributed by atoms with Crippen molar-refractivity contribution in [3.63, 3.8) is 0 Å². The zero-order chi connectivity index (χ0) is 12.0. The molecule has 0 fully saturated rings. The molecule has 16 heavy (non-hydrogen) atoms. The van der Waals surface area contributed by atoms with Crippen molar-refractivity contribution in [1.82, 2.24) is 10.3 Å². The number of carbonyl (C=O) groups is 1. The van der Waals surface area contributed by atoms with Gasteiger partial charge in [-0.3, -0.25) is 4.79 Å². The molecule has 0 saturated carbocycles. The number of nitrogens with two attached hydrogens (primary N) is 1. The van der Waals surface area contributed by atoms with E-state index in [4.69, 9.17) is 22.1 Å². The lowest BCUT2D eigenvalue weighted by Gasteiger charge is -2.06. The van der Waals surface area contributed by atoms with Crippen LogP contribution in [-0.4, -0.2) is 30.6 Å². The van der Waals surface area contributed by atoms with Gasteiger partial charge in [0.2, 0.25) is 0 Å². The number of anilines is 1. The van der Waals surface area contributed by atoms with Crippen LogP contribution in [-0.2, 0) is 4.74 Å². The predicted octanol–water partition coefficient (Wildman–Crippen LogP) is 1.08. The fourth-order valence-electron chi connectivity index (χ4n) is 1.10. The van der Waals surface area contributed by atoms with Gasteiger partial charge < -0.3 is 15.8 Å². The number of rotatable bonds is 5. The first kappa shape index (κ1) is 12.7. The maximum atomic E-state index is 11.6. The second kappa shape index (κ2) is 6.30. The molecule has 1 amide bonds. The third-order valence-electron chi connectivity index (χ3n) is 1.84. The Morgan fingerprint density at radius 2 is 2.44 bits per heavy atom. The average molecular weight is 244 g/mol. The smallest absolute Gasteiger partial charge is 0.254 e. The molecule has 0 aliphatic rings. The van der Waals surface area contributed by atoms with E-state index in [1.165, 1.54) is 12.3 Å². The lowest BCUT2D eigenvalue weighted by atomic mass is 10.2. The number of nitrogen functional groups attached to an aromatic ring is 1. The number of pyridine rings is 1. The average Bonchev–Trinajstić information content (AvgIpc) is 2.27. The molecule has 1 aromatic rings. The summed E-state index contributed by atoms with van der Waals surface area (Å²) in [5.41, 5.74) is 6.19. The summed E-state index contributed by atoms with van der Waals surface area (Å²) in [4.78, 5) is 15.4. The Hall–Kier alpha value is -1.33. The molecule has 0 saturated heterocycles. The number of halogens is 1. The first-order valence-electron chi connectivity index (χ1n) is 4.92. The summed E-state index contributed by atoms with van der Waals surface area (Å²) in [6.07, 6.45) is 1.40. The van der Waals surface area contributed by atoms with Crippen molar-refractivity contribution >= 4 is 23.2 Å². The van der Waals surface area contributed by atoms with Crippen molar-refractivity contribution in [2.45, 2.75) is 6.92 Å². The highest BCUT2D eigenvalue weighted by Gasteiger charge is 2.10. The van der Waals surface area contributed by atoms with Crippen LogP contribution in [0.3, 0.4) is 0 Å². The van der Waals surface area contributed by atoms with Gasteiger partial charge in [-0.25, -0.2) is 4.98 Å². The van der Waals surface area contributed by atoms with Gasteiger partial charge in [-0.15, -0.1) is 0 Å². The first-order chi connectivity index (χ1) is 7.65. The van der Waals surface area contributed by atoms with E-state index in [0.29, 0.717) is 25.4 Å². The monoisotopic (exact) mass is 243 g/mol. The van der Waals surface area contributed by atoms with Crippen LogP contribution in [0.1, 0.15) is 17.3 Å². The summed E-state index contributed by atoms with van der Waals surface area (Å²) in [5, 5.41) is 2.80. The third kappa shape index (κ3) is 3.67. The third-order valence-corrected chi connectivity index (χ3v) is 2.14. The maximum absolute atomic E-state index is 11.6. The lowest BCUT2D eigenvalue weighted by molar-refractivity contribution is 0.0922. The molecule has 1 aromatic heterocycles. The minimum atomic E-state index is -0.301. The number of aromatic nitrogens is 1. The molecule has 0 bridgehead atoms. The Labute approximate surface area is 98.9 Å². The number of amides is 1.